The third-order valence-electron chi connectivity index (χ3n) is 4.88. The van der Waals surface area contributed by atoms with Crippen LogP contribution in [0.25, 0.3) is 0 Å². The zero-order chi connectivity index (χ0) is 17.8. The molecule has 2 aromatic rings. The molecule has 1 fully saturated rings. The Bertz CT molecular complexity index is 760. The van der Waals surface area contributed by atoms with E-state index in [0.29, 0.717) is 19.6 Å². The maximum atomic E-state index is 12.4. The lowest BCUT2D eigenvalue weighted by atomic mass is 10.1. The molecule has 0 bridgehead atoms. The van der Waals surface area contributed by atoms with Crippen LogP contribution >= 0.6 is 0 Å². The number of fused-ring (bicyclic) bond motifs is 1. The zero-order valence-electron chi connectivity index (χ0n) is 14.7. The molecule has 0 saturated carbocycles. The normalized spacial score (nSPS) is 16.2. The molecule has 1 aromatic heterocycles. The van der Waals surface area contributed by atoms with Gasteiger partial charge in [-0.25, -0.2) is 9.78 Å². The van der Waals surface area contributed by atoms with Crippen molar-refractivity contribution in [1.82, 2.24) is 20.2 Å². The topological polar surface area (TPSA) is 70.6 Å². The van der Waals surface area contributed by atoms with E-state index in [2.05, 4.69) is 32.3 Å². The number of piperazine rings is 1. The predicted molar refractivity (Wildman–Crippen MR) is 98.6 cm³/mol. The fourth-order valence-electron chi connectivity index (χ4n) is 3.41. The SMILES string of the molecule is O=C(NCCc1ccc2c(c1)CCO2)N1CCN(c2cnccn2)CC1. The van der Waals surface area contributed by atoms with Crippen molar-refractivity contribution >= 4 is 11.8 Å². The number of hydrogen-bond acceptors (Lipinski definition) is 5. The zero-order valence-corrected chi connectivity index (χ0v) is 14.7. The highest BCUT2D eigenvalue weighted by Gasteiger charge is 2.21. The lowest BCUT2D eigenvalue weighted by Gasteiger charge is -2.35. The lowest BCUT2D eigenvalue weighted by molar-refractivity contribution is 0.194. The Morgan fingerprint density at radius 1 is 1.19 bits per heavy atom. The number of carbonyl (C=O) groups is 1. The third-order valence-corrected chi connectivity index (χ3v) is 4.88. The third kappa shape index (κ3) is 3.71. The average molecular weight is 353 g/mol. The minimum absolute atomic E-state index is 0.00768. The van der Waals surface area contributed by atoms with Gasteiger partial charge < -0.3 is 19.9 Å². The number of anilines is 1. The maximum Gasteiger partial charge on any atom is 0.317 e. The Kier molecular flexibility index (Phi) is 4.86. The molecule has 7 nitrogen and oxygen atoms in total. The van der Waals surface area contributed by atoms with Gasteiger partial charge in [0.1, 0.15) is 11.6 Å². The van der Waals surface area contributed by atoms with Crippen LogP contribution in [0.4, 0.5) is 10.6 Å². The van der Waals surface area contributed by atoms with E-state index in [0.717, 1.165) is 44.1 Å². The highest BCUT2D eigenvalue weighted by Crippen LogP contribution is 2.25. The van der Waals surface area contributed by atoms with E-state index in [4.69, 9.17) is 4.74 Å². The molecule has 0 spiro atoms. The van der Waals surface area contributed by atoms with Crippen LogP contribution in [0, 0.1) is 0 Å². The summed E-state index contributed by atoms with van der Waals surface area (Å²) >= 11 is 0. The quantitative estimate of drug-likeness (QED) is 0.902. The van der Waals surface area contributed by atoms with Gasteiger partial charge in [0.05, 0.1) is 12.8 Å². The molecule has 26 heavy (non-hydrogen) atoms. The molecule has 3 heterocycles. The summed E-state index contributed by atoms with van der Waals surface area (Å²) in [5.74, 6) is 1.87. The van der Waals surface area contributed by atoms with E-state index in [1.54, 1.807) is 18.6 Å². The Morgan fingerprint density at radius 3 is 2.88 bits per heavy atom. The second-order valence-corrected chi connectivity index (χ2v) is 6.56. The van der Waals surface area contributed by atoms with Crippen molar-refractivity contribution in [3.05, 3.63) is 47.9 Å². The molecule has 4 rings (SSSR count). The smallest absolute Gasteiger partial charge is 0.317 e. The molecule has 2 aliphatic rings. The number of urea groups is 1. The van der Waals surface area contributed by atoms with Crippen LogP contribution in [-0.4, -0.2) is 60.2 Å². The second-order valence-electron chi connectivity index (χ2n) is 6.56. The molecular weight excluding hydrogens is 330 g/mol. The molecule has 2 amide bonds. The molecule has 136 valence electrons. The van der Waals surface area contributed by atoms with Crippen LogP contribution in [-0.2, 0) is 12.8 Å². The lowest BCUT2D eigenvalue weighted by Crippen LogP contribution is -2.52. The minimum Gasteiger partial charge on any atom is -0.493 e. The van der Waals surface area contributed by atoms with Gasteiger partial charge in [-0.2, -0.15) is 0 Å². The Morgan fingerprint density at radius 2 is 2.08 bits per heavy atom. The largest absolute Gasteiger partial charge is 0.493 e. The molecule has 0 radical (unpaired) electrons. The fourth-order valence-corrected chi connectivity index (χ4v) is 3.41. The first-order valence-electron chi connectivity index (χ1n) is 9.08. The summed E-state index contributed by atoms with van der Waals surface area (Å²) in [6.07, 6.45) is 6.93. The van der Waals surface area contributed by atoms with Crippen molar-refractivity contribution in [2.45, 2.75) is 12.8 Å². The number of ether oxygens (including phenoxy) is 1. The summed E-state index contributed by atoms with van der Waals surface area (Å²) in [6.45, 7) is 4.35. The van der Waals surface area contributed by atoms with Gasteiger partial charge >= 0.3 is 6.03 Å². The summed E-state index contributed by atoms with van der Waals surface area (Å²) in [4.78, 5) is 24.8. The number of rotatable bonds is 4. The molecule has 1 saturated heterocycles. The second kappa shape index (κ2) is 7.59. The van der Waals surface area contributed by atoms with Gasteiger partial charge in [-0.1, -0.05) is 12.1 Å². The number of benzene rings is 1. The molecule has 1 N–H and O–H groups in total. The Labute approximate surface area is 153 Å². The van der Waals surface area contributed by atoms with Crippen LogP contribution < -0.4 is 15.0 Å². The van der Waals surface area contributed by atoms with Crippen LogP contribution in [0.3, 0.4) is 0 Å². The Balaban J connectivity index is 1.22. The number of aromatic nitrogens is 2. The van der Waals surface area contributed by atoms with Gasteiger partial charge in [-0.05, 0) is 23.6 Å². The Hall–Kier alpha value is -2.83. The van der Waals surface area contributed by atoms with Gasteiger partial charge in [0.15, 0.2) is 0 Å². The van der Waals surface area contributed by atoms with Crippen LogP contribution in [0.15, 0.2) is 36.8 Å². The number of carbonyl (C=O) groups excluding carboxylic acids is 1. The summed E-state index contributed by atoms with van der Waals surface area (Å²) in [5.41, 5.74) is 2.51. The number of nitrogens with one attached hydrogen (secondary N) is 1. The van der Waals surface area contributed by atoms with Gasteiger partial charge in [-0.15, -0.1) is 0 Å². The molecule has 1 aromatic carbocycles. The van der Waals surface area contributed by atoms with E-state index >= 15 is 0 Å². The highest BCUT2D eigenvalue weighted by atomic mass is 16.5. The van der Waals surface area contributed by atoms with Crippen molar-refractivity contribution in [2.24, 2.45) is 0 Å². The average Bonchev–Trinajstić information content (AvgIpc) is 3.16. The molecule has 2 aliphatic heterocycles. The molecular formula is C19H23N5O2. The first-order valence-corrected chi connectivity index (χ1v) is 9.08. The van der Waals surface area contributed by atoms with Gasteiger partial charge in [0, 0.05) is 51.5 Å². The number of amides is 2. The summed E-state index contributed by atoms with van der Waals surface area (Å²) in [6, 6.07) is 6.31. The molecule has 0 aliphatic carbocycles. The van der Waals surface area contributed by atoms with Crippen molar-refractivity contribution in [3.63, 3.8) is 0 Å². The molecule has 7 heteroatoms. The standard InChI is InChI=1S/C19H23N5O2/c25-19(22-5-3-15-1-2-17-16(13-15)4-12-26-17)24-10-8-23(9-11-24)18-14-20-6-7-21-18/h1-2,6-7,13-14H,3-5,8-12H2,(H,22,25). The predicted octanol–water partition coefficient (Wildman–Crippen LogP) is 1.49. The first kappa shape index (κ1) is 16.6. The van der Waals surface area contributed by atoms with Crippen molar-refractivity contribution in [3.8, 4) is 5.75 Å². The van der Waals surface area contributed by atoms with E-state index in [9.17, 15) is 4.79 Å². The fraction of sp³-hybridized carbons (Fsp3) is 0.421. The first-order chi connectivity index (χ1) is 12.8. The van der Waals surface area contributed by atoms with Gasteiger partial charge in [0.2, 0.25) is 0 Å². The minimum atomic E-state index is 0.00768. The summed E-state index contributed by atoms with van der Waals surface area (Å²) in [7, 11) is 0. The van der Waals surface area contributed by atoms with Crippen LogP contribution in [0.1, 0.15) is 11.1 Å². The number of hydrogen-bond donors (Lipinski definition) is 1. The van der Waals surface area contributed by atoms with E-state index in [-0.39, 0.29) is 6.03 Å². The van der Waals surface area contributed by atoms with Crippen LogP contribution in [0.2, 0.25) is 0 Å². The number of nitrogens with zero attached hydrogens (tertiary/aromatic N) is 4. The maximum absolute atomic E-state index is 12.4. The highest BCUT2D eigenvalue weighted by molar-refractivity contribution is 5.74. The van der Waals surface area contributed by atoms with E-state index < -0.39 is 0 Å². The molecule has 0 atom stereocenters. The molecule has 0 unspecified atom stereocenters. The summed E-state index contributed by atoms with van der Waals surface area (Å²) < 4.78 is 5.53. The van der Waals surface area contributed by atoms with Crippen LogP contribution in [0.5, 0.6) is 5.75 Å². The summed E-state index contributed by atoms with van der Waals surface area (Å²) in [5, 5.41) is 3.03. The van der Waals surface area contributed by atoms with Gasteiger partial charge in [-0.3, -0.25) is 4.98 Å². The van der Waals surface area contributed by atoms with E-state index in [1.165, 1.54) is 11.1 Å². The van der Waals surface area contributed by atoms with Crippen molar-refractivity contribution < 1.29 is 9.53 Å². The van der Waals surface area contributed by atoms with E-state index in [1.807, 2.05) is 11.0 Å². The van der Waals surface area contributed by atoms with Crippen molar-refractivity contribution in [2.75, 3.05) is 44.2 Å². The van der Waals surface area contributed by atoms with Crippen molar-refractivity contribution in [1.29, 1.82) is 0 Å². The van der Waals surface area contributed by atoms with Gasteiger partial charge in [0.25, 0.3) is 0 Å². The monoisotopic (exact) mass is 353 g/mol.